The van der Waals surface area contributed by atoms with Crippen molar-refractivity contribution in [2.24, 2.45) is 11.3 Å². The van der Waals surface area contributed by atoms with Crippen molar-refractivity contribution in [2.75, 3.05) is 6.61 Å². The van der Waals surface area contributed by atoms with Crippen molar-refractivity contribution in [1.82, 2.24) is 0 Å². The summed E-state index contributed by atoms with van der Waals surface area (Å²) >= 11 is 0. The van der Waals surface area contributed by atoms with E-state index in [0.717, 1.165) is 12.1 Å². The van der Waals surface area contributed by atoms with E-state index in [2.05, 4.69) is 6.58 Å². The van der Waals surface area contributed by atoms with E-state index in [1.54, 1.807) is 6.08 Å². The Morgan fingerprint density at radius 3 is 1.44 bits per heavy atom. The van der Waals surface area contributed by atoms with Crippen LogP contribution < -0.4 is 4.74 Å². The van der Waals surface area contributed by atoms with Gasteiger partial charge in [0.1, 0.15) is 5.75 Å². The van der Waals surface area contributed by atoms with Crippen LogP contribution in [-0.4, -0.2) is 54.2 Å². The van der Waals surface area contributed by atoms with Crippen LogP contribution in [0.5, 0.6) is 5.75 Å². The van der Waals surface area contributed by atoms with Crippen LogP contribution in [-0.2, 0) is 0 Å². The van der Waals surface area contributed by atoms with Crippen LogP contribution in [0.2, 0.25) is 0 Å². The molecular weight excluding hydrogens is 663 g/mol. The molecule has 0 radical (unpaired) electrons. The maximum Gasteiger partial charge on any atom is 0.460 e. The molecule has 0 bridgehead atoms. The third kappa shape index (κ3) is 6.98. The summed E-state index contributed by atoms with van der Waals surface area (Å²) in [5.41, 5.74) is 0.411. The standard InChI is InChI=1S/C27H29F17O/c1-6-15(3)14-19(4,5)18(7-2)16-8-10-17(11-9-16)45-13-12-20(28,29)21(30,31)22(32,33)23(34,35)24(36,37)25(38,39)26(40,41)27(42,43)44/h6,8-11,15,18H,1,7,12-14H2,2-5H3. The number of allylic oxidation sites excluding steroid dienone is 1. The minimum absolute atomic E-state index is 0.0811. The SMILES string of the molecule is C=CC(C)CC(C)(C)C(CC)c1ccc(OCCC(F)(F)C(F)(F)C(F)(F)C(F)(F)C(F)(F)C(F)(F)C(F)(F)C(F)(F)F)cc1. The fourth-order valence-corrected chi connectivity index (χ4v) is 4.74. The van der Waals surface area contributed by atoms with E-state index in [0.29, 0.717) is 18.4 Å². The molecule has 0 spiro atoms. The van der Waals surface area contributed by atoms with Gasteiger partial charge in [-0.2, -0.15) is 74.6 Å². The number of benzene rings is 1. The molecule has 0 saturated carbocycles. The molecule has 0 heterocycles. The summed E-state index contributed by atoms with van der Waals surface area (Å²) in [4.78, 5) is 0. The molecule has 0 saturated heterocycles. The molecule has 0 fully saturated rings. The van der Waals surface area contributed by atoms with Crippen LogP contribution in [0.3, 0.4) is 0 Å². The van der Waals surface area contributed by atoms with Gasteiger partial charge in [-0.25, -0.2) is 0 Å². The summed E-state index contributed by atoms with van der Waals surface area (Å²) in [5, 5.41) is 0. The highest BCUT2D eigenvalue weighted by Gasteiger charge is 2.95. The third-order valence-corrected chi connectivity index (χ3v) is 7.36. The van der Waals surface area contributed by atoms with Gasteiger partial charge >= 0.3 is 47.6 Å². The van der Waals surface area contributed by atoms with E-state index in [-0.39, 0.29) is 23.0 Å². The lowest BCUT2D eigenvalue weighted by Gasteiger charge is -2.42. The smallest absolute Gasteiger partial charge is 0.460 e. The van der Waals surface area contributed by atoms with E-state index in [1.165, 1.54) is 12.1 Å². The maximum atomic E-state index is 14.1. The van der Waals surface area contributed by atoms with Gasteiger partial charge < -0.3 is 4.74 Å². The van der Waals surface area contributed by atoms with Crippen molar-refractivity contribution < 1.29 is 79.4 Å². The maximum absolute atomic E-state index is 14.1. The quantitative estimate of drug-likeness (QED) is 0.124. The second kappa shape index (κ2) is 12.6. The zero-order chi connectivity index (χ0) is 35.9. The summed E-state index contributed by atoms with van der Waals surface area (Å²) in [6.07, 6.45) is -7.37. The lowest BCUT2D eigenvalue weighted by Crippen LogP contribution is -2.74. The van der Waals surface area contributed by atoms with Crippen LogP contribution in [0, 0.1) is 11.3 Å². The summed E-state index contributed by atoms with van der Waals surface area (Å²) in [6.45, 7) is 9.75. The summed E-state index contributed by atoms with van der Waals surface area (Å²) < 4.78 is 233. The van der Waals surface area contributed by atoms with Crippen LogP contribution in [0.1, 0.15) is 58.4 Å². The average molecular weight is 692 g/mol. The van der Waals surface area contributed by atoms with E-state index in [1.807, 2.05) is 27.7 Å². The summed E-state index contributed by atoms with van der Waals surface area (Å²) in [7, 11) is 0. The van der Waals surface area contributed by atoms with Crippen molar-refractivity contribution in [1.29, 1.82) is 0 Å². The Morgan fingerprint density at radius 2 is 1.07 bits per heavy atom. The second-order valence-corrected chi connectivity index (χ2v) is 11.2. The number of hydrogen-bond acceptors (Lipinski definition) is 1. The third-order valence-electron chi connectivity index (χ3n) is 7.36. The zero-order valence-electron chi connectivity index (χ0n) is 23.9. The Balaban J connectivity index is 3.22. The Hall–Kier alpha value is -2.43. The largest absolute Gasteiger partial charge is 0.493 e. The van der Waals surface area contributed by atoms with Crippen molar-refractivity contribution >= 4 is 0 Å². The van der Waals surface area contributed by atoms with Gasteiger partial charge in [0.2, 0.25) is 0 Å². The van der Waals surface area contributed by atoms with Crippen molar-refractivity contribution in [2.45, 2.75) is 101 Å². The summed E-state index contributed by atoms with van der Waals surface area (Å²) in [6, 6.07) is 5.19. The van der Waals surface area contributed by atoms with Crippen LogP contribution in [0.15, 0.2) is 36.9 Å². The van der Waals surface area contributed by atoms with Gasteiger partial charge in [-0.15, -0.1) is 6.58 Å². The molecule has 2 atom stereocenters. The Labute approximate surface area is 246 Å². The number of ether oxygens (including phenoxy) is 1. The predicted molar refractivity (Wildman–Crippen MR) is 128 cm³/mol. The highest BCUT2D eigenvalue weighted by molar-refractivity contribution is 5.30. The number of alkyl halides is 17. The fourth-order valence-electron chi connectivity index (χ4n) is 4.74. The van der Waals surface area contributed by atoms with Gasteiger partial charge in [-0.1, -0.05) is 45.9 Å². The van der Waals surface area contributed by atoms with Crippen LogP contribution in [0.25, 0.3) is 0 Å². The molecule has 1 nitrogen and oxygen atoms in total. The summed E-state index contributed by atoms with van der Waals surface area (Å²) in [5.74, 6) is -56.8. The molecule has 0 aliphatic carbocycles. The molecule has 45 heavy (non-hydrogen) atoms. The molecule has 1 rings (SSSR count). The minimum Gasteiger partial charge on any atom is -0.493 e. The molecule has 18 heteroatoms. The number of rotatable bonds is 16. The van der Waals surface area contributed by atoms with Crippen LogP contribution >= 0.6 is 0 Å². The van der Waals surface area contributed by atoms with Gasteiger partial charge in [-0.05, 0) is 47.8 Å². The Morgan fingerprint density at radius 1 is 0.667 bits per heavy atom. The molecule has 0 N–H and O–H groups in total. The lowest BCUT2D eigenvalue weighted by atomic mass is 9.69. The van der Waals surface area contributed by atoms with Gasteiger partial charge in [0.05, 0.1) is 13.0 Å². The molecule has 1 aromatic rings. The minimum atomic E-state index is -8.64. The molecule has 262 valence electrons. The monoisotopic (exact) mass is 692 g/mol. The second-order valence-electron chi connectivity index (χ2n) is 11.2. The highest BCUT2D eigenvalue weighted by atomic mass is 19.4. The van der Waals surface area contributed by atoms with Crippen LogP contribution in [0.4, 0.5) is 74.6 Å². The van der Waals surface area contributed by atoms with E-state index < -0.39 is 60.7 Å². The number of halogens is 17. The lowest BCUT2D eigenvalue weighted by molar-refractivity contribution is -0.461. The molecule has 0 aliphatic heterocycles. The molecule has 2 unspecified atom stereocenters. The molecule has 0 amide bonds. The molecule has 0 aromatic heterocycles. The topological polar surface area (TPSA) is 9.23 Å². The van der Waals surface area contributed by atoms with Crippen molar-refractivity contribution in [3.8, 4) is 5.75 Å². The number of hydrogen-bond donors (Lipinski definition) is 0. The zero-order valence-corrected chi connectivity index (χ0v) is 23.9. The van der Waals surface area contributed by atoms with Gasteiger partial charge in [0.25, 0.3) is 0 Å². The molecular formula is C27H29F17O. The molecule has 0 aliphatic rings. The Kier molecular flexibility index (Phi) is 11.4. The first-order valence-electron chi connectivity index (χ1n) is 12.9. The first-order valence-corrected chi connectivity index (χ1v) is 12.9. The van der Waals surface area contributed by atoms with Gasteiger partial charge in [-0.3, -0.25) is 0 Å². The predicted octanol–water partition coefficient (Wildman–Crippen LogP) is 11.2. The fraction of sp³-hybridized carbons (Fsp3) is 0.704. The van der Waals surface area contributed by atoms with E-state index >= 15 is 0 Å². The van der Waals surface area contributed by atoms with Gasteiger partial charge in [0, 0.05) is 0 Å². The first kappa shape index (κ1) is 40.6. The highest BCUT2D eigenvalue weighted by Crippen LogP contribution is 2.64. The first-order chi connectivity index (χ1) is 19.8. The molecule has 1 aromatic carbocycles. The van der Waals surface area contributed by atoms with E-state index in [4.69, 9.17) is 4.74 Å². The average Bonchev–Trinajstić information content (AvgIpc) is 2.88. The van der Waals surface area contributed by atoms with Crippen molar-refractivity contribution in [3.05, 3.63) is 42.5 Å². The van der Waals surface area contributed by atoms with Crippen molar-refractivity contribution in [3.63, 3.8) is 0 Å². The van der Waals surface area contributed by atoms with E-state index in [9.17, 15) is 74.6 Å². The van der Waals surface area contributed by atoms with Gasteiger partial charge in [0.15, 0.2) is 0 Å². The Bertz CT molecular complexity index is 1140. The normalized spacial score (nSPS) is 16.4.